The first-order valence-corrected chi connectivity index (χ1v) is 5.81. The summed E-state index contributed by atoms with van der Waals surface area (Å²) in [6.07, 6.45) is 1.48. The van der Waals surface area contributed by atoms with Crippen LogP contribution in [0.5, 0.6) is 0 Å². The van der Waals surface area contributed by atoms with Crippen molar-refractivity contribution in [2.45, 2.75) is 25.8 Å². The molecule has 0 radical (unpaired) electrons. The lowest BCUT2D eigenvalue weighted by molar-refractivity contribution is -0.138. The van der Waals surface area contributed by atoms with Crippen LogP contribution in [-0.4, -0.2) is 31.2 Å². The number of nitrogens with one attached hydrogen (secondary N) is 1. The summed E-state index contributed by atoms with van der Waals surface area (Å²) in [5, 5.41) is 12.1. The molecule has 1 aromatic rings. The molecule has 1 aromatic carbocycles. The highest BCUT2D eigenvalue weighted by molar-refractivity contribution is 5.77. The highest BCUT2D eigenvalue weighted by Crippen LogP contribution is 2.17. The van der Waals surface area contributed by atoms with Crippen molar-refractivity contribution < 1.29 is 9.90 Å². The van der Waals surface area contributed by atoms with Gasteiger partial charge >= 0.3 is 5.97 Å². The Labute approximate surface area is 102 Å². The third-order valence-corrected chi connectivity index (χ3v) is 2.60. The summed E-state index contributed by atoms with van der Waals surface area (Å²) >= 11 is 0. The van der Waals surface area contributed by atoms with Gasteiger partial charge in [-0.1, -0.05) is 13.3 Å². The quantitative estimate of drug-likeness (QED) is 0.796. The van der Waals surface area contributed by atoms with E-state index in [1.807, 2.05) is 50.2 Å². The van der Waals surface area contributed by atoms with E-state index < -0.39 is 12.0 Å². The second-order valence-corrected chi connectivity index (χ2v) is 4.27. The zero-order valence-electron chi connectivity index (χ0n) is 10.6. The van der Waals surface area contributed by atoms with E-state index in [1.54, 1.807) is 0 Å². The van der Waals surface area contributed by atoms with Crippen molar-refractivity contribution in [3.63, 3.8) is 0 Å². The van der Waals surface area contributed by atoms with Crippen LogP contribution in [0.15, 0.2) is 24.3 Å². The highest BCUT2D eigenvalue weighted by Gasteiger charge is 2.15. The summed E-state index contributed by atoms with van der Waals surface area (Å²) < 4.78 is 0. The second kappa shape index (κ2) is 6.13. The van der Waals surface area contributed by atoms with E-state index in [1.165, 1.54) is 0 Å². The fourth-order valence-electron chi connectivity index (χ4n) is 1.60. The Morgan fingerprint density at radius 2 is 1.94 bits per heavy atom. The van der Waals surface area contributed by atoms with Gasteiger partial charge in [-0.25, -0.2) is 4.79 Å². The van der Waals surface area contributed by atoms with Crippen LogP contribution in [0.4, 0.5) is 11.4 Å². The molecule has 1 rings (SSSR count). The number of nitrogens with zero attached hydrogens (tertiary/aromatic N) is 1. The largest absolute Gasteiger partial charge is 0.480 e. The Bertz CT molecular complexity index is 360. The first kappa shape index (κ1) is 13.4. The predicted octanol–water partition coefficient (Wildman–Crippen LogP) is 2.42. The maximum Gasteiger partial charge on any atom is 0.326 e. The van der Waals surface area contributed by atoms with Gasteiger partial charge < -0.3 is 15.3 Å². The smallest absolute Gasteiger partial charge is 0.326 e. The Kier molecular flexibility index (Phi) is 4.82. The van der Waals surface area contributed by atoms with Gasteiger partial charge in [-0.05, 0) is 30.7 Å². The van der Waals surface area contributed by atoms with Crippen molar-refractivity contribution in [1.82, 2.24) is 0 Å². The zero-order chi connectivity index (χ0) is 12.8. The lowest BCUT2D eigenvalue weighted by atomic mass is 10.1. The minimum Gasteiger partial charge on any atom is -0.480 e. The number of carboxylic acid groups (broad SMARTS) is 1. The second-order valence-electron chi connectivity index (χ2n) is 4.27. The molecule has 1 unspecified atom stereocenters. The van der Waals surface area contributed by atoms with E-state index in [0.29, 0.717) is 6.42 Å². The number of hydrogen-bond donors (Lipinski definition) is 2. The fourth-order valence-corrected chi connectivity index (χ4v) is 1.60. The minimum absolute atomic E-state index is 0.509. The van der Waals surface area contributed by atoms with Gasteiger partial charge in [-0.15, -0.1) is 0 Å². The van der Waals surface area contributed by atoms with Gasteiger partial charge in [0.15, 0.2) is 0 Å². The molecule has 0 heterocycles. The van der Waals surface area contributed by atoms with Crippen LogP contribution in [0, 0.1) is 0 Å². The standard InChI is InChI=1S/C13H20N2O2/c1-4-5-12(13(16)17)14-10-6-8-11(9-7-10)15(2)3/h6-9,12,14H,4-5H2,1-3H3,(H,16,17). The molecular formula is C13H20N2O2. The van der Waals surface area contributed by atoms with E-state index in [0.717, 1.165) is 17.8 Å². The molecule has 94 valence electrons. The Morgan fingerprint density at radius 3 is 2.35 bits per heavy atom. The molecule has 0 aromatic heterocycles. The maximum absolute atomic E-state index is 11.0. The number of hydrogen-bond acceptors (Lipinski definition) is 3. The predicted molar refractivity (Wildman–Crippen MR) is 70.7 cm³/mol. The molecule has 0 spiro atoms. The molecule has 0 fully saturated rings. The summed E-state index contributed by atoms with van der Waals surface area (Å²) in [5.41, 5.74) is 1.94. The molecule has 4 heteroatoms. The molecule has 4 nitrogen and oxygen atoms in total. The van der Waals surface area contributed by atoms with Gasteiger partial charge in [0.05, 0.1) is 0 Å². The van der Waals surface area contributed by atoms with Gasteiger partial charge in [-0.2, -0.15) is 0 Å². The van der Waals surface area contributed by atoms with Gasteiger partial charge in [0.25, 0.3) is 0 Å². The van der Waals surface area contributed by atoms with E-state index in [-0.39, 0.29) is 0 Å². The lowest BCUT2D eigenvalue weighted by Gasteiger charge is -2.17. The normalized spacial score (nSPS) is 11.9. The molecule has 0 aliphatic rings. The molecule has 1 atom stereocenters. The van der Waals surface area contributed by atoms with E-state index in [2.05, 4.69) is 5.32 Å². The number of carbonyl (C=O) groups is 1. The van der Waals surface area contributed by atoms with Crippen molar-refractivity contribution in [3.8, 4) is 0 Å². The summed E-state index contributed by atoms with van der Waals surface area (Å²) in [4.78, 5) is 13.0. The monoisotopic (exact) mass is 236 g/mol. The molecule has 0 bridgehead atoms. The molecule has 0 saturated heterocycles. The van der Waals surface area contributed by atoms with Crippen LogP contribution >= 0.6 is 0 Å². The molecule has 0 aliphatic heterocycles. The van der Waals surface area contributed by atoms with Crippen LogP contribution in [0.3, 0.4) is 0 Å². The summed E-state index contributed by atoms with van der Waals surface area (Å²) in [6.45, 7) is 1.98. The van der Waals surface area contributed by atoms with Gasteiger partial charge in [0.1, 0.15) is 6.04 Å². The molecule has 0 aliphatic carbocycles. The molecular weight excluding hydrogens is 216 g/mol. The summed E-state index contributed by atoms with van der Waals surface area (Å²) in [7, 11) is 3.94. The first-order chi connectivity index (χ1) is 8.04. The van der Waals surface area contributed by atoms with Crippen molar-refractivity contribution in [2.24, 2.45) is 0 Å². The van der Waals surface area contributed by atoms with E-state index >= 15 is 0 Å². The summed E-state index contributed by atoms with van der Waals surface area (Å²) in [5.74, 6) is -0.802. The fraction of sp³-hybridized carbons (Fsp3) is 0.462. The van der Waals surface area contributed by atoms with Crippen molar-refractivity contribution in [3.05, 3.63) is 24.3 Å². The Balaban J connectivity index is 2.70. The Hall–Kier alpha value is -1.71. The number of rotatable bonds is 6. The lowest BCUT2D eigenvalue weighted by Crippen LogP contribution is -2.28. The third kappa shape index (κ3) is 3.98. The molecule has 2 N–H and O–H groups in total. The average Bonchev–Trinajstić information content (AvgIpc) is 2.29. The SMILES string of the molecule is CCCC(Nc1ccc(N(C)C)cc1)C(=O)O. The van der Waals surface area contributed by atoms with Crippen molar-refractivity contribution in [1.29, 1.82) is 0 Å². The number of carboxylic acids is 1. The number of aliphatic carboxylic acids is 1. The molecule has 0 amide bonds. The van der Waals surface area contributed by atoms with Crippen LogP contribution in [0.2, 0.25) is 0 Å². The van der Waals surface area contributed by atoms with Crippen LogP contribution in [-0.2, 0) is 4.79 Å². The number of benzene rings is 1. The zero-order valence-corrected chi connectivity index (χ0v) is 10.6. The van der Waals surface area contributed by atoms with Gasteiger partial charge in [-0.3, -0.25) is 0 Å². The molecule has 17 heavy (non-hydrogen) atoms. The third-order valence-electron chi connectivity index (χ3n) is 2.60. The van der Waals surface area contributed by atoms with Gasteiger partial charge in [0, 0.05) is 25.5 Å². The molecule has 0 saturated carbocycles. The van der Waals surface area contributed by atoms with Crippen LogP contribution < -0.4 is 10.2 Å². The van der Waals surface area contributed by atoms with Crippen LogP contribution in [0.1, 0.15) is 19.8 Å². The first-order valence-electron chi connectivity index (χ1n) is 5.81. The van der Waals surface area contributed by atoms with Crippen molar-refractivity contribution >= 4 is 17.3 Å². The minimum atomic E-state index is -0.802. The topological polar surface area (TPSA) is 52.6 Å². The maximum atomic E-state index is 11.0. The van der Waals surface area contributed by atoms with Crippen LogP contribution in [0.25, 0.3) is 0 Å². The van der Waals surface area contributed by atoms with Gasteiger partial charge in [0.2, 0.25) is 0 Å². The average molecular weight is 236 g/mol. The summed E-state index contributed by atoms with van der Waals surface area (Å²) in [6, 6.07) is 7.23. The van der Waals surface area contributed by atoms with E-state index in [9.17, 15) is 4.79 Å². The number of anilines is 2. The highest BCUT2D eigenvalue weighted by atomic mass is 16.4. The van der Waals surface area contributed by atoms with Crippen molar-refractivity contribution in [2.75, 3.05) is 24.3 Å². The van der Waals surface area contributed by atoms with E-state index in [4.69, 9.17) is 5.11 Å². The Morgan fingerprint density at radius 1 is 1.35 bits per heavy atom.